The van der Waals surface area contributed by atoms with Crippen molar-refractivity contribution < 1.29 is 0 Å². The van der Waals surface area contributed by atoms with Gasteiger partial charge in [-0.25, -0.2) is 0 Å². The summed E-state index contributed by atoms with van der Waals surface area (Å²) in [6.07, 6.45) is 3.85. The Bertz CT molecular complexity index is 91.5. The summed E-state index contributed by atoms with van der Waals surface area (Å²) < 4.78 is 0. The van der Waals surface area contributed by atoms with Crippen LogP contribution in [0.25, 0.3) is 0 Å². The first-order valence-corrected chi connectivity index (χ1v) is 4.67. The van der Waals surface area contributed by atoms with Gasteiger partial charge in [0.25, 0.3) is 0 Å². The van der Waals surface area contributed by atoms with Crippen LogP contribution >= 0.6 is 0 Å². The lowest BCUT2D eigenvalue weighted by atomic mass is 9.87. The normalized spacial score (nSPS) is 15.0. The lowest BCUT2D eigenvalue weighted by molar-refractivity contribution is 0.306. The molecular formula is C10H23N. The second-order valence-corrected chi connectivity index (χ2v) is 4.54. The lowest BCUT2D eigenvalue weighted by Gasteiger charge is -2.25. The highest BCUT2D eigenvalue weighted by Gasteiger charge is 2.15. The van der Waals surface area contributed by atoms with E-state index in [1.54, 1.807) is 0 Å². The molecule has 1 nitrogen and oxygen atoms in total. The molecule has 0 saturated carbocycles. The molecule has 11 heavy (non-hydrogen) atoms. The molecule has 0 amide bonds. The van der Waals surface area contributed by atoms with Crippen LogP contribution in [-0.4, -0.2) is 13.1 Å². The molecule has 0 saturated heterocycles. The average Bonchev–Trinajstić information content (AvgIpc) is 1.84. The van der Waals surface area contributed by atoms with Crippen molar-refractivity contribution in [1.29, 1.82) is 0 Å². The average molecular weight is 157 g/mol. The second kappa shape index (κ2) is 4.76. The van der Waals surface area contributed by atoms with Crippen molar-refractivity contribution in [2.75, 3.05) is 7.05 Å². The summed E-state index contributed by atoms with van der Waals surface area (Å²) in [6, 6.07) is 0.708. The predicted octanol–water partition coefficient (Wildman–Crippen LogP) is 2.81. The summed E-state index contributed by atoms with van der Waals surface area (Å²) in [6.45, 7) is 9.14. The third-order valence-electron chi connectivity index (χ3n) is 1.90. The smallest absolute Gasteiger partial charge is 0.00689 e. The van der Waals surface area contributed by atoms with Crippen molar-refractivity contribution in [3.8, 4) is 0 Å². The van der Waals surface area contributed by atoms with E-state index in [1.165, 1.54) is 19.3 Å². The van der Waals surface area contributed by atoms with Crippen molar-refractivity contribution in [3.05, 3.63) is 0 Å². The molecule has 0 heterocycles. The topological polar surface area (TPSA) is 12.0 Å². The van der Waals surface area contributed by atoms with Crippen molar-refractivity contribution in [3.63, 3.8) is 0 Å². The number of rotatable bonds is 4. The van der Waals surface area contributed by atoms with Crippen LogP contribution in [0.2, 0.25) is 0 Å². The van der Waals surface area contributed by atoms with Crippen molar-refractivity contribution in [2.45, 2.75) is 53.0 Å². The Labute approximate surface area is 71.6 Å². The molecule has 0 aromatic carbocycles. The number of hydrogen-bond acceptors (Lipinski definition) is 1. The molecule has 0 bridgehead atoms. The molecule has 68 valence electrons. The second-order valence-electron chi connectivity index (χ2n) is 4.54. The van der Waals surface area contributed by atoms with E-state index in [0.717, 1.165) is 0 Å². The van der Waals surface area contributed by atoms with Gasteiger partial charge in [-0.05, 0) is 25.3 Å². The Morgan fingerprint density at radius 2 is 1.82 bits per heavy atom. The Morgan fingerprint density at radius 1 is 1.27 bits per heavy atom. The first-order chi connectivity index (χ1) is 4.99. The fourth-order valence-electron chi connectivity index (χ4n) is 1.44. The van der Waals surface area contributed by atoms with Gasteiger partial charge in [-0.2, -0.15) is 0 Å². The molecule has 1 atom stereocenters. The van der Waals surface area contributed by atoms with Gasteiger partial charge in [-0.3, -0.25) is 0 Å². The summed E-state index contributed by atoms with van der Waals surface area (Å²) in [4.78, 5) is 0. The van der Waals surface area contributed by atoms with Gasteiger partial charge in [0.1, 0.15) is 0 Å². The third kappa shape index (κ3) is 6.36. The van der Waals surface area contributed by atoms with Crippen molar-refractivity contribution >= 4 is 0 Å². The number of hydrogen-bond donors (Lipinski definition) is 1. The first kappa shape index (κ1) is 11.0. The van der Waals surface area contributed by atoms with E-state index in [4.69, 9.17) is 0 Å². The van der Waals surface area contributed by atoms with E-state index in [9.17, 15) is 0 Å². The van der Waals surface area contributed by atoms with Crippen LogP contribution in [0.1, 0.15) is 47.0 Å². The summed E-state index contributed by atoms with van der Waals surface area (Å²) in [5, 5.41) is 3.36. The lowest BCUT2D eigenvalue weighted by Crippen LogP contribution is -2.29. The van der Waals surface area contributed by atoms with E-state index in [0.29, 0.717) is 11.5 Å². The maximum Gasteiger partial charge on any atom is 0.00689 e. The van der Waals surface area contributed by atoms with E-state index >= 15 is 0 Å². The highest BCUT2D eigenvalue weighted by atomic mass is 14.9. The van der Waals surface area contributed by atoms with Crippen LogP contribution in [0.4, 0.5) is 0 Å². The van der Waals surface area contributed by atoms with Crippen molar-refractivity contribution in [1.82, 2.24) is 5.32 Å². The SMILES string of the molecule is CCC[C@@H](CC(C)(C)C)NC. The molecule has 0 aliphatic carbocycles. The zero-order chi connectivity index (χ0) is 8.91. The summed E-state index contributed by atoms with van der Waals surface area (Å²) in [7, 11) is 2.06. The van der Waals surface area contributed by atoms with Crippen LogP contribution in [0, 0.1) is 5.41 Å². The molecule has 0 radical (unpaired) electrons. The summed E-state index contributed by atoms with van der Waals surface area (Å²) >= 11 is 0. The van der Waals surface area contributed by atoms with Gasteiger partial charge < -0.3 is 5.32 Å². The molecule has 0 spiro atoms. The van der Waals surface area contributed by atoms with Gasteiger partial charge in [0.2, 0.25) is 0 Å². The fraction of sp³-hybridized carbons (Fsp3) is 1.00. The van der Waals surface area contributed by atoms with Gasteiger partial charge in [-0.15, -0.1) is 0 Å². The highest BCUT2D eigenvalue weighted by molar-refractivity contribution is 4.72. The Morgan fingerprint density at radius 3 is 2.09 bits per heavy atom. The summed E-state index contributed by atoms with van der Waals surface area (Å²) in [5.74, 6) is 0. The quantitative estimate of drug-likeness (QED) is 0.661. The number of nitrogens with one attached hydrogen (secondary N) is 1. The molecule has 1 N–H and O–H groups in total. The van der Waals surface area contributed by atoms with Gasteiger partial charge in [-0.1, -0.05) is 34.1 Å². The zero-order valence-electron chi connectivity index (χ0n) is 8.70. The minimum atomic E-state index is 0.461. The molecule has 0 rings (SSSR count). The molecule has 0 fully saturated rings. The maximum atomic E-state index is 3.36. The van der Waals surface area contributed by atoms with Gasteiger partial charge in [0.05, 0.1) is 0 Å². The predicted molar refractivity (Wildman–Crippen MR) is 51.8 cm³/mol. The Hall–Kier alpha value is -0.0400. The van der Waals surface area contributed by atoms with Gasteiger partial charge >= 0.3 is 0 Å². The van der Waals surface area contributed by atoms with Crippen LogP contribution < -0.4 is 5.32 Å². The standard InChI is InChI=1S/C10H23N/c1-6-7-9(11-5)8-10(2,3)4/h9,11H,6-8H2,1-5H3/t9-/m0/s1. The Kier molecular flexibility index (Phi) is 4.74. The highest BCUT2D eigenvalue weighted by Crippen LogP contribution is 2.22. The molecule has 0 aliphatic rings. The van der Waals surface area contributed by atoms with Crippen LogP contribution in [-0.2, 0) is 0 Å². The zero-order valence-corrected chi connectivity index (χ0v) is 8.70. The minimum Gasteiger partial charge on any atom is -0.317 e. The van der Waals surface area contributed by atoms with E-state index in [-0.39, 0.29) is 0 Å². The minimum absolute atomic E-state index is 0.461. The third-order valence-corrected chi connectivity index (χ3v) is 1.90. The maximum absolute atomic E-state index is 3.36. The monoisotopic (exact) mass is 157 g/mol. The van der Waals surface area contributed by atoms with E-state index in [1.807, 2.05) is 0 Å². The van der Waals surface area contributed by atoms with Crippen molar-refractivity contribution in [2.24, 2.45) is 5.41 Å². The Balaban J connectivity index is 3.68. The fourth-order valence-corrected chi connectivity index (χ4v) is 1.44. The largest absolute Gasteiger partial charge is 0.317 e. The summed E-state index contributed by atoms with van der Waals surface area (Å²) in [5.41, 5.74) is 0.461. The van der Waals surface area contributed by atoms with Crippen LogP contribution in [0.5, 0.6) is 0 Å². The molecule has 0 unspecified atom stereocenters. The van der Waals surface area contributed by atoms with Gasteiger partial charge in [0.15, 0.2) is 0 Å². The first-order valence-electron chi connectivity index (χ1n) is 4.67. The molecule has 0 aromatic rings. The molecule has 0 aliphatic heterocycles. The van der Waals surface area contributed by atoms with Gasteiger partial charge in [0, 0.05) is 6.04 Å². The molecule has 1 heteroatoms. The molecular weight excluding hydrogens is 134 g/mol. The molecule has 0 aromatic heterocycles. The van der Waals surface area contributed by atoms with Crippen LogP contribution in [0.15, 0.2) is 0 Å². The van der Waals surface area contributed by atoms with Crippen LogP contribution in [0.3, 0.4) is 0 Å². The van der Waals surface area contributed by atoms with E-state index in [2.05, 4.69) is 40.1 Å². The van der Waals surface area contributed by atoms with E-state index < -0.39 is 0 Å².